The minimum Gasteiger partial charge on any atom is -0.494 e. The number of carboxylic acid groups (broad SMARTS) is 1. The maximum atomic E-state index is 11.3. The highest BCUT2D eigenvalue weighted by atomic mass is 33.1. The molecule has 0 fully saturated rings. The second-order valence-corrected chi connectivity index (χ2v) is 7.59. The van der Waals surface area contributed by atoms with Crippen molar-refractivity contribution in [1.29, 1.82) is 0 Å². The number of hydrogen-bond donors (Lipinski definition) is 3. The van der Waals surface area contributed by atoms with Crippen molar-refractivity contribution in [3.8, 4) is 11.8 Å². The summed E-state index contributed by atoms with van der Waals surface area (Å²) in [6.45, 7) is 3.86. The number of carbonyl (C=O) groups is 1. The van der Waals surface area contributed by atoms with Crippen LogP contribution in [0.2, 0.25) is 0 Å². The van der Waals surface area contributed by atoms with Gasteiger partial charge < -0.3 is 15.3 Å². The maximum Gasteiger partial charge on any atom is 0.326 e. The van der Waals surface area contributed by atoms with Crippen LogP contribution in [0.3, 0.4) is 0 Å². The van der Waals surface area contributed by atoms with Crippen LogP contribution in [0.25, 0.3) is 0 Å². The zero-order valence-electron chi connectivity index (χ0n) is 10.5. The summed E-state index contributed by atoms with van der Waals surface area (Å²) in [5.74, 6) is -1.57. The van der Waals surface area contributed by atoms with E-state index in [0.29, 0.717) is 6.42 Å². The van der Waals surface area contributed by atoms with E-state index in [1.807, 2.05) is 20.1 Å². The van der Waals surface area contributed by atoms with Gasteiger partial charge in [-0.3, -0.25) is 4.57 Å². The van der Waals surface area contributed by atoms with Crippen molar-refractivity contribution in [3.63, 3.8) is 0 Å². The summed E-state index contributed by atoms with van der Waals surface area (Å²) in [6, 6.07) is 1.56. The molecule has 1 unspecified atom stereocenters. The lowest BCUT2D eigenvalue weighted by Gasteiger charge is -2.27. The lowest BCUT2D eigenvalue weighted by atomic mass is 10.0. The molecule has 0 aliphatic heterocycles. The predicted octanol–water partition coefficient (Wildman–Crippen LogP) is 2.70. The average molecular weight is 291 g/mol. The molecule has 0 saturated heterocycles. The molecule has 0 aliphatic carbocycles. The number of rotatable bonds is 6. The zero-order valence-corrected chi connectivity index (χ0v) is 12.1. The molecular weight excluding hydrogens is 274 g/mol. The number of aromatic hydroxyl groups is 2. The Hall–Kier alpha value is -0.950. The van der Waals surface area contributed by atoms with Gasteiger partial charge in [0.25, 0.3) is 0 Å². The summed E-state index contributed by atoms with van der Waals surface area (Å²) in [5, 5.41) is 28.5. The second-order valence-electron chi connectivity index (χ2n) is 4.49. The van der Waals surface area contributed by atoms with Crippen molar-refractivity contribution in [1.82, 2.24) is 4.57 Å². The number of nitrogens with zero attached hydrogens (tertiary/aromatic N) is 1. The highest BCUT2D eigenvalue weighted by Crippen LogP contribution is 2.41. The molecule has 5 nitrogen and oxygen atoms in total. The molecule has 0 saturated carbocycles. The molecule has 1 aromatic heterocycles. The normalized spacial score (nSPS) is 13.5. The van der Waals surface area contributed by atoms with Crippen LogP contribution in [0.15, 0.2) is 12.1 Å². The van der Waals surface area contributed by atoms with Gasteiger partial charge in [-0.1, -0.05) is 21.6 Å². The number of aliphatic carboxylic acids is 1. The van der Waals surface area contributed by atoms with E-state index in [1.54, 1.807) is 21.6 Å². The van der Waals surface area contributed by atoms with Gasteiger partial charge in [-0.25, -0.2) is 4.79 Å². The summed E-state index contributed by atoms with van der Waals surface area (Å²) in [6.07, 6.45) is 2.22. The Morgan fingerprint density at radius 1 is 1.39 bits per heavy atom. The van der Waals surface area contributed by atoms with E-state index >= 15 is 0 Å². The highest BCUT2D eigenvalue weighted by Gasteiger charge is 2.32. The molecule has 0 spiro atoms. The molecule has 7 heteroatoms. The van der Waals surface area contributed by atoms with Crippen molar-refractivity contribution in [2.24, 2.45) is 0 Å². The Kier molecular flexibility index (Phi) is 4.86. The first-order valence-electron chi connectivity index (χ1n) is 5.32. The summed E-state index contributed by atoms with van der Waals surface area (Å²) in [4.78, 5) is 11.3. The third kappa shape index (κ3) is 3.52. The molecule has 1 aromatic rings. The van der Waals surface area contributed by atoms with Gasteiger partial charge in [0.2, 0.25) is 0 Å². The average Bonchev–Trinajstić information content (AvgIpc) is 2.55. The fraction of sp³-hybridized carbons (Fsp3) is 0.545. The summed E-state index contributed by atoms with van der Waals surface area (Å²) in [7, 11) is 3.12. The fourth-order valence-corrected chi connectivity index (χ4v) is 4.00. The van der Waals surface area contributed by atoms with E-state index in [1.165, 1.54) is 12.1 Å². The molecule has 0 bridgehead atoms. The van der Waals surface area contributed by atoms with Crippen LogP contribution >= 0.6 is 21.6 Å². The third-order valence-corrected chi connectivity index (χ3v) is 5.10. The van der Waals surface area contributed by atoms with Crippen molar-refractivity contribution >= 4 is 27.6 Å². The first-order chi connectivity index (χ1) is 8.28. The van der Waals surface area contributed by atoms with Crippen LogP contribution in [-0.2, 0) is 4.79 Å². The number of hydrogen-bond acceptors (Lipinski definition) is 5. The van der Waals surface area contributed by atoms with Gasteiger partial charge >= 0.3 is 5.97 Å². The second kappa shape index (κ2) is 5.79. The monoisotopic (exact) mass is 291 g/mol. The van der Waals surface area contributed by atoms with Crippen molar-refractivity contribution < 1.29 is 20.1 Å². The Labute approximate surface area is 114 Å². The Morgan fingerprint density at radius 2 is 1.89 bits per heavy atom. The largest absolute Gasteiger partial charge is 0.494 e. The van der Waals surface area contributed by atoms with Crippen LogP contribution in [0, 0.1) is 0 Å². The van der Waals surface area contributed by atoms with Gasteiger partial charge in [-0.05, 0) is 26.5 Å². The van der Waals surface area contributed by atoms with E-state index in [-0.39, 0.29) is 16.5 Å². The molecule has 0 aromatic carbocycles. The Balaban J connectivity index is 3.02. The summed E-state index contributed by atoms with van der Waals surface area (Å²) >= 11 is 0. The molecule has 102 valence electrons. The molecule has 1 rings (SSSR count). The predicted molar refractivity (Wildman–Crippen MR) is 74.2 cm³/mol. The fourth-order valence-electron chi connectivity index (χ4n) is 1.76. The standard InChI is InChI=1S/C11H17NO4S2/c1-11(2,18-17-3)6-7(10(15)16)12-8(13)4-5-9(12)14/h4-5,7,13-14H,6H2,1-3H3,(H,15,16). The quantitative estimate of drug-likeness (QED) is 0.699. The molecule has 0 aliphatic rings. The van der Waals surface area contributed by atoms with E-state index < -0.39 is 12.0 Å². The van der Waals surface area contributed by atoms with Crippen LogP contribution in [-0.4, -0.2) is 36.9 Å². The van der Waals surface area contributed by atoms with Crippen LogP contribution in [0.1, 0.15) is 26.3 Å². The van der Waals surface area contributed by atoms with E-state index in [4.69, 9.17) is 0 Å². The summed E-state index contributed by atoms with van der Waals surface area (Å²) in [5.41, 5.74) is 0. The summed E-state index contributed by atoms with van der Waals surface area (Å²) < 4.78 is 0.747. The van der Waals surface area contributed by atoms with E-state index in [0.717, 1.165) is 4.57 Å². The van der Waals surface area contributed by atoms with Gasteiger partial charge in [0, 0.05) is 16.9 Å². The smallest absolute Gasteiger partial charge is 0.326 e. The molecule has 1 heterocycles. The molecule has 3 N–H and O–H groups in total. The van der Waals surface area contributed by atoms with Crippen molar-refractivity contribution in [2.45, 2.75) is 31.1 Å². The minimum atomic E-state index is -1.08. The molecule has 0 radical (unpaired) electrons. The molecular formula is C11H17NO4S2. The lowest BCUT2D eigenvalue weighted by molar-refractivity contribution is -0.141. The van der Waals surface area contributed by atoms with Gasteiger partial charge in [0.1, 0.15) is 6.04 Å². The van der Waals surface area contributed by atoms with Gasteiger partial charge in [-0.15, -0.1) is 0 Å². The number of carboxylic acids is 1. The third-order valence-electron chi connectivity index (χ3n) is 2.47. The Morgan fingerprint density at radius 3 is 2.28 bits per heavy atom. The first-order valence-corrected chi connectivity index (χ1v) is 7.88. The van der Waals surface area contributed by atoms with E-state index in [2.05, 4.69) is 0 Å². The van der Waals surface area contributed by atoms with E-state index in [9.17, 15) is 20.1 Å². The van der Waals surface area contributed by atoms with Crippen molar-refractivity contribution in [2.75, 3.05) is 6.26 Å². The molecule has 1 atom stereocenters. The number of aromatic nitrogens is 1. The van der Waals surface area contributed by atoms with Crippen molar-refractivity contribution in [3.05, 3.63) is 12.1 Å². The highest BCUT2D eigenvalue weighted by molar-refractivity contribution is 8.76. The SMILES string of the molecule is CSSC(C)(C)CC(C(=O)O)n1c(O)ccc1O. The van der Waals surface area contributed by atoms with Crippen LogP contribution in [0.4, 0.5) is 0 Å². The lowest BCUT2D eigenvalue weighted by Crippen LogP contribution is -2.27. The van der Waals surface area contributed by atoms with Crippen LogP contribution in [0.5, 0.6) is 11.8 Å². The van der Waals surface area contributed by atoms with Gasteiger partial charge in [-0.2, -0.15) is 0 Å². The minimum absolute atomic E-state index is 0.246. The van der Waals surface area contributed by atoms with Gasteiger partial charge in [0.05, 0.1) is 0 Å². The van der Waals surface area contributed by atoms with Gasteiger partial charge in [0.15, 0.2) is 11.8 Å². The maximum absolute atomic E-state index is 11.3. The van der Waals surface area contributed by atoms with Crippen LogP contribution < -0.4 is 0 Å². The Bertz CT molecular complexity index is 411. The zero-order chi connectivity index (χ0) is 13.9. The molecule has 0 amide bonds. The topological polar surface area (TPSA) is 82.7 Å². The molecule has 18 heavy (non-hydrogen) atoms. The first kappa shape index (κ1) is 15.1.